The molecule has 0 aromatic rings. The molecule has 5 atom stereocenters. The van der Waals surface area contributed by atoms with Crippen molar-refractivity contribution in [3.8, 4) is 0 Å². The van der Waals surface area contributed by atoms with Gasteiger partial charge in [-0.3, -0.25) is 0 Å². The molecule has 1 fully saturated rings. The minimum Gasteiger partial charge on any atom is -0.0649 e. The van der Waals surface area contributed by atoms with E-state index >= 15 is 0 Å². The summed E-state index contributed by atoms with van der Waals surface area (Å²) < 4.78 is 0. The van der Waals surface area contributed by atoms with Gasteiger partial charge in [-0.05, 0) is 40.4 Å². The largest absolute Gasteiger partial charge is 0.0649 e. The summed E-state index contributed by atoms with van der Waals surface area (Å²) >= 11 is 0. The van der Waals surface area contributed by atoms with Crippen LogP contribution in [0, 0.1) is 34.0 Å². The quantitative estimate of drug-likeness (QED) is 0.564. The lowest BCUT2D eigenvalue weighted by atomic mass is 9.44. The lowest BCUT2D eigenvalue weighted by molar-refractivity contribution is -0.122. The van der Waals surface area contributed by atoms with Gasteiger partial charge in [-0.25, -0.2) is 0 Å². The summed E-state index contributed by atoms with van der Waals surface area (Å²) in [7, 11) is 0. The zero-order chi connectivity index (χ0) is 14.4. The van der Waals surface area contributed by atoms with E-state index in [0.29, 0.717) is 16.2 Å². The summed E-state index contributed by atoms with van der Waals surface area (Å²) in [6, 6.07) is 0. The van der Waals surface area contributed by atoms with E-state index in [2.05, 4.69) is 62.3 Å². The van der Waals surface area contributed by atoms with Crippen molar-refractivity contribution >= 4 is 0 Å². The van der Waals surface area contributed by atoms with E-state index in [1.165, 1.54) is 19.3 Å². The molecule has 0 N–H and O–H groups in total. The van der Waals surface area contributed by atoms with E-state index in [1.807, 2.05) is 0 Å². The molecular weight excluding hydrogens is 216 g/mol. The van der Waals surface area contributed by atoms with E-state index in [4.69, 9.17) is 0 Å². The molecule has 0 heteroatoms. The summed E-state index contributed by atoms with van der Waals surface area (Å²) in [5.41, 5.74) is 1.46. The smallest absolute Gasteiger partial charge is 0.0244 e. The fourth-order valence-corrected chi connectivity index (χ4v) is 4.59. The Hall–Kier alpha value is 0. The molecule has 1 aliphatic carbocycles. The van der Waals surface area contributed by atoms with Crippen LogP contribution >= 0.6 is 0 Å². The highest BCUT2D eigenvalue weighted by atomic mass is 14.6. The molecule has 108 valence electrons. The van der Waals surface area contributed by atoms with Crippen molar-refractivity contribution in [2.75, 3.05) is 0 Å². The molecule has 0 aromatic heterocycles. The molecular formula is C18H36. The van der Waals surface area contributed by atoms with E-state index in [-0.39, 0.29) is 0 Å². The van der Waals surface area contributed by atoms with Crippen LogP contribution in [0.4, 0.5) is 0 Å². The maximum absolute atomic E-state index is 2.56. The van der Waals surface area contributed by atoms with Gasteiger partial charge in [0.1, 0.15) is 0 Å². The summed E-state index contributed by atoms with van der Waals surface area (Å²) in [6.07, 6.45) is 4.00. The highest BCUT2D eigenvalue weighted by molar-refractivity contribution is 5.04. The topological polar surface area (TPSA) is 0 Å². The fourth-order valence-electron chi connectivity index (χ4n) is 4.59. The first-order valence-electron chi connectivity index (χ1n) is 8.06. The molecule has 1 rings (SSSR count). The van der Waals surface area contributed by atoms with Crippen LogP contribution in [0.2, 0.25) is 0 Å². The molecule has 0 bridgehead atoms. The first kappa shape index (κ1) is 16.1. The number of hydrogen-bond acceptors (Lipinski definition) is 0. The third-order valence-electron chi connectivity index (χ3n) is 7.84. The molecule has 1 saturated carbocycles. The van der Waals surface area contributed by atoms with E-state index < -0.39 is 0 Å². The molecule has 0 saturated heterocycles. The third-order valence-corrected chi connectivity index (χ3v) is 7.84. The van der Waals surface area contributed by atoms with Gasteiger partial charge in [0.15, 0.2) is 0 Å². The van der Waals surface area contributed by atoms with Gasteiger partial charge in [-0.2, -0.15) is 0 Å². The molecule has 0 aromatic carbocycles. The molecule has 0 spiro atoms. The second-order valence-electron chi connectivity index (χ2n) is 8.20. The lowest BCUT2D eigenvalue weighted by Gasteiger charge is -2.61. The predicted octanol–water partition coefficient (Wildman–Crippen LogP) is 6.16. The summed E-state index contributed by atoms with van der Waals surface area (Å²) in [5, 5.41) is 0. The van der Waals surface area contributed by atoms with E-state index in [9.17, 15) is 0 Å². The lowest BCUT2D eigenvalue weighted by Crippen LogP contribution is -2.54. The highest BCUT2D eigenvalue weighted by Gasteiger charge is 2.55. The van der Waals surface area contributed by atoms with Gasteiger partial charge in [0.05, 0.1) is 0 Å². The Morgan fingerprint density at radius 2 is 1.50 bits per heavy atom. The van der Waals surface area contributed by atoms with Crippen molar-refractivity contribution in [1.82, 2.24) is 0 Å². The van der Waals surface area contributed by atoms with Crippen LogP contribution in [0.3, 0.4) is 0 Å². The standard InChI is InChI=1S/C18H36/c1-10-16(6,7)18(9)12-13(3)17(8,11-2)14(4)15(18)5/h13-15H,10-12H2,1-9H3. The molecule has 18 heavy (non-hydrogen) atoms. The molecule has 0 radical (unpaired) electrons. The van der Waals surface area contributed by atoms with Gasteiger partial charge >= 0.3 is 0 Å². The highest BCUT2D eigenvalue weighted by Crippen LogP contribution is 2.62. The Balaban J connectivity index is 3.16. The van der Waals surface area contributed by atoms with Gasteiger partial charge in [0, 0.05) is 0 Å². The Morgan fingerprint density at radius 1 is 1.00 bits per heavy atom. The van der Waals surface area contributed by atoms with Crippen molar-refractivity contribution in [3.63, 3.8) is 0 Å². The predicted molar refractivity (Wildman–Crippen MR) is 82.7 cm³/mol. The average molecular weight is 252 g/mol. The van der Waals surface area contributed by atoms with Crippen molar-refractivity contribution in [1.29, 1.82) is 0 Å². The second kappa shape index (κ2) is 4.84. The van der Waals surface area contributed by atoms with E-state index in [0.717, 1.165) is 17.8 Å². The van der Waals surface area contributed by atoms with Crippen LogP contribution in [0.15, 0.2) is 0 Å². The Morgan fingerprint density at radius 3 is 1.89 bits per heavy atom. The minimum absolute atomic E-state index is 0.448. The maximum atomic E-state index is 2.56. The van der Waals surface area contributed by atoms with Crippen LogP contribution in [0.5, 0.6) is 0 Å². The van der Waals surface area contributed by atoms with Crippen molar-refractivity contribution in [2.24, 2.45) is 34.0 Å². The number of hydrogen-bond donors (Lipinski definition) is 0. The molecule has 0 aliphatic heterocycles. The molecule has 0 amide bonds. The van der Waals surface area contributed by atoms with Crippen molar-refractivity contribution < 1.29 is 0 Å². The van der Waals surface area contributed by atoms with E-state index in [1.54, 1.807) is 0 Å². The Kier molecular flexibility index (Phi) is 4.31. The fraction of sp³-hybridized carbons (Fsp3) is 1.00. The molecule has 0 nitrogen and oxygen atoms in total. The maximum Gasteiger partial charge on any atom is -0.0244 e. The van der Waals surface area contributed by atoms with Crippen molar-refractivity contribution in [3.05, 3.63) is 0 Å². The Bertz CT molecular complexity index is 290. The number of rotatable bonds is 3. The van der Waals surface area contributed by atoms with Crippen LogP contribution in [-0.4, -0.2) is 0 Å². The third kappa shape index (κ3) is 2.04. The van der Waals surface area contributed by atoms with Crippen LogP contribution in [0.25, 0.3) is 0 Å². The first-order valence-corrected chi connectivity index (χ1v) is 8.06. The summed E-state index contributed by atoms with van der Waals surface area (Å²) in [4.78, 5) is 0. The SMILES string of the molecule is CCC1(C)C(C)CC(C)(C(C)(C)CC)C(C)C1C. The second-order valence-corrected chi connectivity index (χ2v) is 8.20. The van der Waals surface area contributed by atoms with Gasteiger partial charge in [-0.15, -0.1) is 0 Å². The molecule has 1 aliphatic rings. The minimum atomic E-state index is 0.448. The van der Waals surface area contributed by atoms with Crippen LogP contribution in [0.1, 0.15) is 81.6 Å². The van der Waals surface area contributed by atoms with Gasteiger partial charge in [-0.1, -0.05) is 75.2 Å². The summed E-state index contributed by atoms with van der Waals surface area (Å²) in [5.74, 6) is 2.47. The molecule has 5 unspecified atom stereocenters. The zero-order valence-corrected chi connectivity index (χ0v) is 14.4. The normalized spacial score (nSPS) is 46.2. The van der Waals surface area contributed by atoms with Gasteiger partial charge < -0.3 is 0 Å². The van der Waals surface area contributed by atoms with Crippen LogP contribution < -0.4 is 0 Å². The Labute approximate surface area is 116 Å². The average Bonchev–Trinajstić information content (AvgIpc) is 2.33. The van der Waals surface area contributed by atoms with Crippen molar-refractivity contribution in [2.45, 2.75) is 81.6 Å². The zero-order valence-electron chi connectivity index (χ0n) is 14.4. The van der Waals surface area contributed by atoms with Crippen LogP contribution in [-0.2, 0) is 0 Å². The monoisotopic (exact) mass is 252 g/mol. The van der Waals surface area contributed by atoms with Gasteiger partial charge in [0.2, 0.25) is 0 Å². The molecule has 0 heterocycles. The van der Waals surface area contributed by atoms with Gasteiger partial charge in [0.25, 0.3) is 0 Å². The summed E-state index contributed by atoms with van der Waals surface area (Å²) in [6.45, 7) is 22.3. The first-order chi connectivity index (χ1) is 8.06.